The molecule has 126 valence electrons. The van der Waals surface area contributed by atoms with E-state index < -0.39 is 0 Å². The number of allylic oxidation sites excluding steroid dienone is 1. The summed E-state index contributed by atoms with van der Waals surface area (Å²) in [6.07, 6.45) is 8.91. The quantitative estimate of drug-likeness (QED) is 0.639. The third-order valence-corrected chi connectivity index (χ3v) is 8.86. The third-order valence-electron chi connectivity index (χ3n) is 7.90. The summed E-state index contributed by atoms with van der Waals surface area (Å²) in [4.78, 5) is 24.1. The minimum Gasteiger partial charge on any atom is -0.300 e. The van der Waals surface area contributed by atoms with Crippen LogP contribution in [0.15, 0.2) is 10.1 Å². The fourth-order valence-corrected chi connectivity index (χ4v) is 7.59. The van der Waals surface area contributed by atoms with Crippen LogP contribution >= 0.6 is 15.9 Å². The average molecular weight is 379 g/mol. The fraction of sp³-hybridized carbons (Fsp3) is 0.800. The standard InChI is InChI=1S/C20H27BrO2/c1-11(22)16-6-7-17-14-3-4-15-12(5-8-18(23)19(15)21)13(14)9-10-20(16,17)2/h12-14,16-17H,3-10H2,1-2H3/t12-,13-,14-,16-,17+,20-/m1/s1. The molecule has 0 aliphatic heterocycles. The van der Waals surface area contributed by atoms with Gasteiger partial charge in [-0.2, -0.15) is 0 Å². The zero-order valence-corrected chi connectivity index (χ0v) is 15.8. The van der Waals surface area contributed by atoms with Crippen LogP contribution in [0.25, 0.3) is 0 Å². The normalized spacial score (nSPS) is 46.2. The van der Waals surface area contributed by atoms with Gasteiger partial charge in [-0.15, -0.1) is 0 Å². The van der Waals surface area contributed by atoms with Crippen LogP contribution in [0.3, 0.4) is 0 Å². The topological polar surface area (TPSA) is 34.1 Å². The lowest BCUT2D eigenvalue weighted by Gasteiger charge is -2.54. The first kappa shape index (κ1) is 16.1. The lowest BCUT2D eigenvalue weighted by Crippen LogP contribution is -2.47. The van der Waals surface area contributed by atoms with Gasteiger partial charge in [-0.3, -0.25) is 9.59 Å². The molecular formula is C20H27BrO2. The zero-order chi connectivity index (χ0) is 16.4. The summed E-state index contributed by atoms with van der Waals surface area (Å²) in [5, 5.41) is 0. The first-order chi connectivity index (χ1) is 10.9. The third kappa shape index (κ3) is 2.25. The lowest BCUT2D eigenvalue weighted by molar-refractivity contribution is -0.127. The van der Waals surface area contributed by atoms with Gasteiger partial charge in [-0.1, -0.05) is 6.92 Å². The van der Waals surface area contributed by atoms with Gasteiger partial charge >= 0.3 is 0 Å². The van der Waals surface area contributed by atoms with E-state index in [0.29, 0.717) is 23.4 Å². The Balaban J connectivity index is 1.64. The van der Waals surface area contributed by atoms with E-state index in [0.717, 1.165) is 47.9 Å². The number of hydrogen-bond donors (Lipinski definition) is 0. The van der Waals surface area contributed by atoms with Crippen molar-refractivity contribution in [1.82, 2.24) is 0 Å². The SMILES string of the molecule is CC(=O)[C@H]1CC[C@H]2[C@@H]3CCC4=C(Br)C(=O)CC[C@@H]4[C@H]3CC[C@]12C. The molecule has 0 bridgehead atoms. The second-order valence-electron chi connectivity index (χ2n) is 8.67. The fourth-order valence-electron chi connectivity index (χ4n) is 6.90. The second-order valence-corrected chi connectivity index (χ2v) is 9.46. The molecular weight excluding hydrogens is 352 g/mol. The number of fused-ring (bicyclic) bond motifs is 5. The Hall–Kier alpha value is -0.440. The van der Waals surface area contributed by atoms with E-state index in [2.05, 4.69) is 22.9 Å². The van der Waals surface area contributed by atoms with E-state index in [-0.39, 0.29) is 5.41 Å². The van der Waals surface area contributed by atoms with E-state index >= 15 is 0 Å². The smallest absolute Gasteiger partial charge is 0.169 e. The molecule has 0 unspecified atom stereocenters. The van der Waals surface area contributed by atoms with Crippen molar-refractivity contribution in [2.75, 3.05) is 0 Å². The number of rotatable bonds is 1. The Labute approximate surface area is 147 Å². The van der Waals surface area contributed by atoms with Crippen molar-refractivity contribution in [1.29, 1.82) is 0 Å². The van der Waals surface area contributed by atoms with Gasteiger partial charge in [0.15, 0.2) is 5.78 Å². The highest BCUT2D eigenvalue weighted by atomic mass is 79.9. The van der Waals surface area contributed by atoms with Crippen LogP contribution in [0, 0.1) is 35.0 Å². The molecule has 0 spiro atoms. The van der Waals surface area contributed by atoms with E-state index in [9.17, 15) is 9.59 Å². The van der Waals surface area contributed by atoms with Gasteiger partial charge in [-0.05, 0) is 102 Å². The van der Waals surface area contributed by atoms with Crippen molar-refractivity contribution in [3.63, 3.8) is 0 Å². The number of hydrogen-bond acceptors (Lipinski definition) is 2. The van der Waals surface area contributed by atoms with Crippen molar-refractivity contribution in [2.45, 2.75) is 65.2 Å². The number of halogens is 1. The summed E-state index contributed by atoms with van der Waals surface area (Å²) in [5.74, 6) is 3.91. The van der Waals surface area contributed by atoms with Gasteiger partial charge in [0.1, 0.15) is 5.78 Å². The summed E-state index contributed by atoms with van der Waals surface area (Å²) in [6, 6.07) is 0. The van der Waals surface area contributed by atoms with Gasteiger partial charge in [0.05, 0.1) is 4.48 Å². The lowest BCUT2D eigenvalue weighted by atomic mass is 9.51. The molecule has 4 aliphatic rings. The molecule has 3 saturated carbocycles. The highest BCUT2D eigenvalue weighted by molar-refractivity contribution is 9.12. The Bertz CT molecular complexity index is 592. The van der Waals surface area contributed by atoms with Crippen molar-refractivity contribution >= 4 is 27.5 Å². The zero-order valence-electron chi connectivity index (χ0n) is 14.2. The Morgan fingerprint density at radius 1 is 1.09 bits per heavy atom. The number of Topliss-reactive ketones (excluding diaryl/α,β-unsaturated/α-hetero) is 2. The van der Waals surface area contributed by atoms with Crippen molar-refractivity contribution < 1.29 is 9.59 Å². The van der Waals surface area contributed by atoms with Crippen molar-refractivity contribution in [3.05, 3.63) is 10.1 Å². The van der Waals surface area contributed by atoms with Crippen LogP contribution in [0.4, 0.5) is 0 Å². The summed E-state index contributed by atoms with van der Waals surface area (Å²) in [5.41, 5.74) is 1.67. The van der Waals surface area contributed by atoms with Crippen LogP contribution in [-0.2, 0) is 9.59 Å². The van der Waals surface area contributed by atoms with Gasteiger partial charge in [-0.25, -0.2) is 0 Å². The second kappa shape index (κ2) is 5.54. The summed E-state index contributed by atoms with van der Waals surface area (Å²) >= 11 is 3.59. The Morgan fingerprint density at radius 3 is 2.61 bits per heavy atom. The molecule has 0 aromatic carbocycles. The maximum atomic E-state index is 12.1. The van der Waals surface area contributed by atoms with Crippen LogP contribution < -0.4 is 0 Å². The summed E-state index contributed by atoms with van der Waals surface area (Å²) in [6.45, 7) is 4.20. The Morgan fingerprint density at radius 2 is 1.87 bits per heavy atom. The highest BCUT2D eigenvalue weighted by Gasteiger charge is 2.57. The monoisotopic (exact) mass is 378 g/mol. The molecule has 4 rings (SSSR count). The highest BCUT2D eigenvalue weighted by Crippen LogP contribution is 2.64. The van der Waals surface area contributed by atoms with E-state index in [1.807, 2.05) is 0 Å². The van der Waals surface area contributed by atoms with Crippen LogP contribution in [0.5, 0.6) is 0 Å². The number of ketones is 2. The molecule has 6 atom stereocenters. The van der Waals surface area contributed by atoms with E-state index in [4.69, 9.17) is 0 Å². The molecule has 3 fully saturated rings. The van der Waals surface area contributed by atoms with Crippen LogP contribution in [0.1, 0.15) is 65.2 Å². The molecule has 0 radical (unpaired) electrons. The molecule has 0 amide bonds. The number of carbonyl (C=O) groups is 2. The molecule has 2 nitrogen and oxygen atoms in total. The van der Waals surface area contributed by atoms with Gasteiger partial charge < -0.3 is 0 Å². The summed E-state index contributed by atoms with van der Waals surface area (Å²) < 4.78 is 0.911. The molecule has 0 heterocycles. The van der Waals surface area contributed by atoms with Gasteiger partial charge in [0.25, 0.3) is 0 Å². The minimum absolute atomic E-state index is 0.246. The largest absolute Gasteiger partial charge is 0.300 e. The molecule has 3 heteroatoms. The predicted octanol–water partition coefficient (Wildman–Crippen LogP) is 5.06. The maximum Gasteiger partial charge on any atom is 0.169 e. The minimum atomic E-state index is 0.246. The Kier molecular flexibility index (Phi) is 3.87. The number of carbonyl (C=O) groups excluding carboxylic acids is 2. The first-order valence-electron chi connectivity index (χ1n) is 9.35. The maximum absolute atomic E-state index is 12.1. The van der Waals surface area contributed by atoms with Crippen molar-refractivity contribution in [3.8, 4) is 0 Å². The molecule has 0 saturated heterocycles. The molecule has 23 heavy (non-hydrogen) atoms. The van der Waals surface area contributed by atoms with Crippen LogP contribution in [0.2, 0.25) is 0 Å². The summed E-state index contributed by atoms with van der Waals surface area (Å²) in [7, 11) is 0. The first-order valence-corrected chi connectivity index (χ1v) is 10.1. The molecule has 4 aliphatic carbocycles. The molecule has 0 aromatic heterocycles. The van der Waals surface area contributed by atoms with Gasteiger partial charge in [0.2, 0.25) is 0 Å². The van der Waals surface area contributed by atoms with E-state index in [1.54, 1.807) is 6.92 Å². The van der Waals surface area contributed by atoms with E-state index in [1.165, 1.54) is 31.3 Å². The molecule has 0 N–H and O–H groups in total. The average Bonchev–Trinajstić information content (AvgIpc) is 2.88. The van der Waals surface area contributed by atoms with Gasteiger partial charge in [0, 0.05) is 12.3 Å². The predicted molar refractivity (Wildman–Crippen MR) is 94.1 cm³/mol. The van der Waals surface area contributed by atoms with Crippen molar-refractivity contribution in [2.24, 2.45) is 35.0 Å². The van der Waals surface area contributed by atoms with Crippen LogP contribution in [-0.4, -0.2) is 11.6 Å². The molecule has 0 aromatic rings.